The number of sulfone groups is 1. The Bertz CT molecular complexity index is 1360. The van der Waals surface area contributed by atoms with E-state index in [4.69, 9.17) is 0 Å². The van der Waals surface area contributed by atoms with Crippen molar-refractivity contribution >= 4 is 21.5 Å². The number of carbonyl (C=O) groups excluding carboxylic acids is 1. The zero-order valence-corrected chi connectivity index (χ0v) is 18.9. The fraction of sp³-hybridized carbons (Fsp3) is 0.208. The second-order valence-electron chi connectivity index (χ2n) is 7.68. The average molecular weight is 465 g/mol. The highest BCUT2D eigenvalue weighted by molar-refractivity contribution is 7.91. The molecule has 4 rings (SSSR count). The third-order valence-corrected chi connectivity index (χ3v) is 7.12. The van der Waals surface area contributed by atoms with Gasteiger partial charge in [-0.1, -0.05) is 37.6 Å². The molecular weight excluding hydrogens is 440 g/mol. The van der Waals surface area contributed by atoms with E-state index in [1.807, 2.05) is 6.92 Å². The maximum atomic E-state index is 12.9. The van der Waals surface area contributed by atoms with Crippen LogP contribution in [-0.2, 0) is 16.4 Å². The highest BCUT2D eigenvalue weighted by Gasteiger charge is 2.18. The second kappa shape index (κ2) is 9.51. The summed E-state index contributed by atoms with van der Waals surface area (Å²) < 4.78 is 27.5. The van der Waals surface area contributed by atoms with Crippen molar-refractivity contribution in [3.05, 3.63) is 90.0 Å². The van der Waals surface area contributed by atoms with E-state index >= 15 is 0 Å². The number of imidazole rings is 1. The molecular formula is C24H24N4O4S. The molecule has 33 heavy (non-hydrogen) atoms. The number of rotatable bonds is 8. The number of nitrogens with zero attached hydrogens (tertiary/aromatic N) is 3. The standard InChI is InChI=1S/C24H24N4O4S/c1-2-3-22(29)18-6-10-21(11-7-18)33(31,32)20-8-4-17(5-9-20)14-26-23(30)19-15-27-24-25-12-13-28(24)16-19/h4-13,15-16,22,29H,2-3,14H2,1H3,(H,26,30)/t22-/m1/s1. The Morgan fingerprint density at radius 2 is 1.73 bits per heavy atom. The third-order valence-electron chi connectivity index (χ3n) is 5.33. The van der Waals surface area contributed by atoms with Crippen molar-refractivity contribution in [3.63, 3.8) is 0 Å². The van der Waals surface area contributed by atoms with Gasteiger partial charge in [0.15, 0.2) is 0 Å². The van der Waals surface area contributed by atoms with Crippen molar-refractivity contribution in [1.29, 1.82) is 0 Å². The highest BCUT2D eigenvalue weighted by atomic mass is 32.2. The van der Waals surface area contributed by atoms with Crippen LogP contribution in [-0.4, -0.2) is 33.8 Å². The number of fused-ring (bicyclic) bond motifs is 1. The number of aliphatic hydroxyl groups excluding tert-OH is 1. The first-order valence-corrected chi connectivity index (χ1v) is 12.1. The summed E-state index contributed by atoms with van der Waals surface area (Å²) >= 11 is 0. The zero-order valence-electron chi connectivity index (χ0n) is 18.0. The van der Waals surface area contributed by atoms with E-state index in [9.17, 15) is 18.3 Å². The number of hydrogen-bond acceptors (Lipinski definition) is 6. The lowest BCUT2D eigenvalue weighted by Crippen LogP contribution is -2.23. The molecule has 2 N–H and O–H groups in total. The smallest absolute Gasteiger partial charge is 0.254 e. The summed E-state index contributed by atoms with van der Waals surface area (Å²) in [7, 11) is -3.69. The van der Waals surface area contributed by atoms with Crippen molar-refractivity contribution in [3.8, 4) is 0 Å². The predicted octanol–water partition coefficient (Wildman–Crippen LogP) is 3.33. The van der Waals surface area contributed by atoms with Gasteiger partial charge < -0.3 is 10.4 Å². The Hall–Kier alpha value is -3.56. The van der Waals surface area contributed by atoms with Gasteiger partial charge in [-0.25, -0.2) is 18.4 Å². The van der Waals surface area contributed by atoms with Crippen LogP contribution in [0.15, 0.2) is 83.1 Å². The minimum absolute atomic E-state index is 0.161. The number of carbonyl (C=O) groups is 1. The lowest BCUT2D eigenvalue weighted by Gasteiger charge is -2.11. The summed E-state index contributed by atoms with van der Waals surface area (Å²) in [6.07, 6.45) is 7.28. The Morgan fingerprint density at radius 3 is 2.39 bits per heavy atom. The number of aromatic nitrogens is 3. The maximum absolute atomic E-state index is 12.9. The number of nitrogens with one attached hydrogen (secondary N) is 1. The van der Waals surface area contributed by atoms with Crippen LogP contribution in [0.4, 0.5) is 0 Å². The molecule has 0 spiro atoms. The molecule has 0 radical (unpaired) electrons. The Balaban J connectivity index is 1.42. The molecule has 1 atom stereocenters. The van der Waals surface area contributed by atoms with Crippen LogP contribution in [0.3, 0.4) is 0 Å². The molecule has 2 heterocycles. The predicted molar refractivity (Wildman–Crippen MR) is 122 cm³/mol. The molecule has 2 aromatic carbocycles. The summed E-state index contributed by atoms with van der Waals surface area (Å²) in [5.41, 5.74) is 1.86. The molecule has 1 amide bonds. The number of amides is 1. The summed E-state index contributed by atoms with van der Waals surface area (Å²) in [4.78, 5) is 20.9. The minimum Gasteiger partial charge on any atom is -0.388 e. The summed E-state index contributed by atoms with van der Waals surface area (Å²) in [6.45, 7) is 2.22. The Morgan fingerprint density at radius 1 is 1.06 bits per heavy atom. The van der Waals surface area contributed by atoms with Gasteiger partial charge in [0, 0.05) is 31.3 Å². The molecule has 0 aliphatic heterocycles. The van der Waals surface area contributed by atoms with Gasteiger partial charge in [-0.15, -0.1) is 0 Å². The molecule has 0 saturated carbocycles. The summed E-state index contributed by atoms with van der Waals surface area (Å²) in [5, 5.41) is 12.9. The Labute approximate surface area is 191 Å². The normalized spacial score (nSPS) is 12.5. The van der Waals surface area contributed by atoms with E-state index in [1.54, 1.807) is 47.3 Å². The molecule has 170 valence electrons. The van der Waals surface area contributed by atoms with Crippen LogP contribution in [0.2, 0.25) is 0 Å². The second-order valence-corrected chi connectivity index (χ2v) is 9.63. The van der Waals surface area contributed by atoms with Crippen LogP contribution < -0.4 is 5.32 Å². The highest BCUT2D eigenvalue weighted by Crippen LogP contribution is 2.24. The van der Waals surface area contributed by atoms with Gasteiger partial charge >= 0.3 is 0 Å². The Kier molecular flexibility index (Phi) is 6.52. The molecule has 0 unspecified atom stereocenters. The molecule has 0 aliphatic rings. The van der Waals surface area contributed by atoms with Gasteiger partial charge in [-0.3, -0.25) is 9.20 Å². The monoisotopic (exact) mass is 464 g/mol. The minimum atomic E-state index is -3.69. The zero-order chi connectivity index (χ0) is 23.4. The lowest BCUT2D eigenvalue weighted by molar-refractivity contribution is 0.0950. The van der Waals surface area contributed by atoms with Gasteiger partial charge in [0.05, 0.1) is 21.5 Å². The fourth-order valence-electron chi connectivity index (χ4n) is 3.45. The number of hydrogen-bond donors (Lipinski definition) is 2. The SMILES string of the molecule is CCC[C@@H](O)c1ccc(S(=O)(=O)c2ccc(CNC(=O)c3cnc4nccn4c3)cc2)cc1. The summed E-state index contributed by atoms with van der Waals surface area (Å²) in [5.74, 6) is 0.218. The van der Waals surface area contributed by atoms with E-state index in [2.05, 4.69) is 15.3 Å². The number of benzene rings is 2. The molecule has 2 aromatic heterocycles. The van der Waals surface area contributed by atoms with Crippen LogP contribution in [0.25, 0.3) is 5.78 Å². The van der Waals surface area contributed by atoms with Gasteiger partial charge in [0.25, 0.3) is 5.91 Å². The van der Waals surface area contributed by atoms with Crippen LogP contribution in [0.5, 0.6) is 0 Å². The maximum Gasteiger partial charge on any atom is 0.254 e. The molecule has 0 aliphatic carbocycles. The topological polar surface area (TPSA) is 114 Å². The van der Waals surface area contributed by atoms with E-state index < -0.39 is 15.9 Å². The van der Waals surface area contributed by atoms with Crippen LogP contribution >= 0.6 is 0 Å². The number of aliphatic hydroxyl groups is 1. The quantitative estimate of drug-likeness (QED) is 0.414. The van der Waals surface area contributed by atoms with Crippen molar-refractivity contribution in [2.45, 2.75) is 42.2 Å². The lowest BCUT2D eigenvalue weighted by atomic mass is 10.1. The van der Waals surface area contributed by atoms with Crippen molar-refractivity contribution in [2.24, 2.45) is 0 Å². The molecule has 4 aromatic rings. The first kappa shape index (κ1) is 22.6. The third kappa shape index (κ3) is 4.94. The van der Waals surface area contributed by atoms with Crippen LogP contribution in [0, 0.1) is 0 Å². The molecule has 9 heteroatoms. The molecule has 0 fully saturated rings. The van der Waals surface area contributed by atoms with Gasteiger partial charge in [-0.05, 0) is 41.8 Å². The average Bonchev–Trinajstić information content (AvgIpc) is 3.31. The van der Waals surface area contributed by atoms with Gasteiger partial charge in [0.2, 0.25) is 15.6 Å². The molecule has 8 nitrogen and oxygen atoms in total. The largest absolute Gasteiger partial charge is 0.388 e. The van der Waals surface area contributed by atoms with Crippen LogP contribution in [0.1, 0.15) is 47.4 Å². The van der Waals surface area contributed by atoms with E-state index in [-0.39, 0.29) is 22.2 Å². The summed E-state index contributed by atoms with van der Waals surface area (Å²) in [6, 6.07) is 12.7. The first-order chi connectivity index (χ1) is 15.9. The van der Waals surface area contributed by atoms with E-state index in [0.29, 0.717) is 23.3 Å². The van der Waals surface area contributed by atoms with E-state index in [0.717, 1.165) is 12.0 Å². The van der Waals surface area contributed by atoms with Crippen molar-refractivity contribution < 1.29 is 18.3 Å². The van der Waals surface area contributed by atoms with Crippen molar-refractivity contribution in [1.82, 2.24) is 19.7 Å². The fourth-order valence-corrected chi connectivity index (χ4v) is 4.71. The van der Waals surface area contributed by atoms with Crippen molar-refractivity contribution in [2.75, 3.05) is 0 Å². The molecule has 0 saturated heterocycles. The molecule has 0 bridgehead atoms. The first-order valence-electron chi connectivity index (χ1n) is 10.6. The van der Waals surface area contributed by atoms with E-state index in [1.165, 1.54) is 30.5 Å². The van der Waals surface area contributed by atoms with Gasteiger partial charge in [0.1, 0.15) is 0 Å². The van der Waals surface area contributed by atoms with Gasteiger partial charge in [-0.2, -0.15) is 0 Å².